The quantitative estimate of drug-likeness (QED) is 0.482. The van der Waals surface area contributed by atoms with E-state index in [4.69, 9.17) is 28.4 Å². The summed E-state index contributed by atoms with van der Waals surface area (Å²) in [5.41, 5.74) is 0.673. The van der Waals surface area contributed by atoms with Gasteiger partial charge in [0.05, 0.1) is 6.54 Å². The molecule has 0 saturated heterocycles. The lowest BCUT2D eigenvalue weighted by atomic mass is 10.2. The van der Waals surface area contributed by atoms with Gasteiger partial charge >= 0.3 is 0 Å². The fraction of sp³-hybridized carbons (Fsp3) is 0.125. The molecular formula is C8H7Cl2NO2. The molecule has 1 aromatic carbocycles. The summed E-state index contributed by atoms with van der Waals surface area (Å²) in [7, 11) is 0. The van der Waals surface area contributed by atoms with Crippen molar-refractivity contribution in [3.63, 3.8) is 0 Å². The lowest BCUT2D eigenvalue weighted by Gasteiger charge is -2.08. The van der Waals surface area contributed by atoms with Crippen LogP contribution in [0.3, 0.4) is 0 Å². The van der Waals surface area contributed by atoms with Crippen molar-refractivity contribution in [3.05, 3.63) is 33.8 Å². The Morgan fingerprint density at radius 3 is 2.31 bits per heavy atom. The third-order valence-electron chi connectivity index (χ3n) is 1.39. The predicted molar refractivity (Wildman–Crippen MR) is 49.9 cm³/mol. The van der Waals surface area contributed by atoms with Gasteiger partial charge in [-0.15, -0.1) is 0 Å². The Morgan fingerprint density at radius 1 is 1.31 bits per heavy atom. The molecule has 70 valence electrons. The highest BCUT2D eigenvalue weighted by Crippen LogP contribution is 2.19. The van der Waals surface area contributed by atoms with Crippen LogP contribution < -0.4 is 0 Å². The van der Waals surface area contributed by atoms with E-state index in [1.165, 1.54) is 0 Å². The third-order valence-corrected chi connectivity index (χ3v) is 1.83. The Bertz CT molecular complexity index is 297. The zero-order chi connectivity index (χ0) is 9.84. The Hall–Kier alpha value is -0.770. The molecule has 1 amide bonds. The topological polar surface area (TPSA) is 40.5 Å². The molecule has 0 fully saturated rings. The lowest BCUT2D eigenvalue weighted by Crippen LogP contribution is -2.15. The molecule has 0 aliphatic carbocycles. The van der Waals surface area contributed by atoms with Crippen LogP contribution in [0.15, 0.2) is 18.2 Å². The monoisotopic (exact) mass is 219 g/mol. The number of hydroxylamine groups is 2. The van der Waals surface area contributed by atoms with E-state index in [1.54, 1.807) is 18.2 Å². The first-order chi connectivity index (χ1) is 6.11. The second kappa shape index (κ2) is 4.46. The standard InChI is InChI=1S/C8H7Cl2NO2/c9-7-1-6(2-8(10)3-7)4-11(13)5-12/h1-3,5,13H,4H2. The average Bonchev–Trinajstić information content (AvgIpc) is 2.02. The summed E-state index contributed by atoms with van der Waals surface area (Å²) in [6.07, 6.45) is 0.314. The van der Waals surface area contributed by atoms with E-state index in [-0.39, 0.29) is 6.54 Å². The number of halogens is 2. The molecule has 0 radical (unpaired) electrons. The van der Waals surface area contributed by atoms with Gasteiger partial charge in [-0.2, -0.15) is 0 Å². The van der Waals surface area contributed by atoms with Gasteiger partial charge in [0.2, 0.25) is 6.41 Å². The molecular weight excluding hydrogens is 213 g/mol. The highest BCUT2D eigenvalue weighted by Gasteiger charge is 2.01. The first-order valence-electron chi connectivity index (χ1n) is 3.47. The molecule has 13 heavy (non-hydrogen) atoms. The first kappa shape index (κ1) is 10.3. The number of nitrogens with zero attached hydrogens (tertiary/aromatic N) is 1. The maximum atomic E-state index is 10.1. The van der Waals surface area contributed by atoms with Crippen LogP contribution in [-0.4, -0.2) is 16.7 Å². The number of amides is 1. The molecule has 0 heterocycles. The van der Waals surface area contributed by atoms with E-state index in [0.29, 0.717) is 27.1 Å². The number of carbonyl (C=O) groups excluding carboxylic acids is 1. The van der Waals surface area contributed by atoms with Crippen LogP contribution in [-0.2, 0) is 11.3 Å². The van der Waals surface area contributed by atoms with Crippen molar-refractivity contribution in [2.24, 2.45) is 0 Å². The molecule has 5 heteroatoms. The number of carbonyl (C=O) groups is 1. The van der Waals surface area contributed by atoms with Gasteiger partial charge in [0.15, 0.2) is 0 Å². The van der Waals surface area contributed by atoms with E-state index in [0.717, 1.165) is 0 Å². The molecule has 0 aromatic heterocycles. The largest absolute Gasteiger partial charge is 0.286 e. The zero-order valence-corrected chi connectivity index (χ0v) is 8.09. The van der Waals surface area contributed by atoms with Crippen molar-refractivity contribution in [2.75, 3.05) is 0 Å². The second-order valence-corrected chi connectivity index (χ2v) is 3.35. The Labute approximate surface area is 85.4 Å². The highest BCUT2D eigenvalue weighted by molar-refractivity contribution is 6.34. The van der Waals surface area contributed by atoms with Crippen LogP contribution in [0.25, 0.3) is 0 Å². The van der Waals surface area contributed by atoms with Crippen LogP contribution in [0, 0.1) is 0 Å². The minimum Gasteiger partial charge on any atom is -0.286 e. The van der Waals surface area contributed by atoms with Crippen LogP contribution in [0.2, 0.25) is 10.0 Å². The maximum absolute atomic E-state index is 10.1. The molecule has 1 N–H and O–H groups in total. The van der Waals surface area contributed by atoms with E-state index < -0.39 is 0 Å². The lowest BCUT2D eigenvalue weighted by molar-refractivity contribution is -0.152. The van der Waals surface area contributed by atoms with Gasteiger partial charge in [0.1, 0.15) is 0 Å². The van der Waals surface area contributed by atoms with Crippen LogP contribution in [0.5, 0.6) is 0 Å². The van der Waals surface area contributed by atoms with E-state index >= 15 is 0 Å². The minimum absolute atomic E-state index is 0.0732. The van der Waals surface area contributed by atoms with E-state index in [1.807, 2.05) is 0 Å². The fourth-order valence-corrected chi connectivity index (χ4v) is 1.50. The Kier molecular flexibility index (Phi) is 3.54. The van der Waals surface area contributed by atoms with Crippen molar-refractivity contribution in [3.8, 4) is 0 Å². The van der Waals surface area contributed by atoms with Crippen molar-refractivity contribution in [1.82, 2.24) is 5.06 Å². The average molecular weight is 220 g/mol. The highest BCUT2D eigenvalue weighted by atomic mass is 35.5. The summed E-state index contributed by atoms with van der Waals surface area (Å²) >= 11 is 11.4. The predicted octanol–water partition coefficient (Wildman–Crippen LogP) is 2.34. The summed E-state index contributed by atoms with van der Waals surface area (Å²) in [4.78, 5) is 10.1. The van der Waals surface area contributed by atoms with Gasteiger partial charge in [0.25, 0.3) is 0 Å². The van der Waals surface area contributed by atoms with Crippen molar-refractivity contribution in [2.45, 2.75) is 6.54 Å². The zero-order valence-electron chi connectivity index (χ0n) is 6.58. The fourth-order valence-electron chi connectivity index (χ4n) is 0.927. The van der Waals surface area contributed by atoms with Crippen LogP contribution >= 0.6 is 23.2 Å². The van der Waals surface area contributed by atoms with Crippen molar-refractivity contribution in [1.29, 1.82) is 0 Å². The molecule has 0 spiro atoms. The number of benzene rings is 1. The summed E-state index contributed by atoms with van der Waals surface area (Å²) in [6.45, 7) is 0.0732. The molecule has 0 aliphatic heterocycles. The van der Waals surface area contributed by atoms with E-state index in [2.05, 4.69) is 0 Å². The molecule has 0 aliphatic rings. The number of hydrogen-bond donors (Lipinski definition) is 1. The maximum Gasteiger partial charge on any atom is 0.233 e. The third kappa shape index (κ3) is 3.22. The molecule has 1 rings (SSSR count). The summed E-state index contributed by atoms with van der Waals surface area (Å²) < 4.78 is 0. The Balaban J connectivity index is 2.82. The van der Waals surface area contributed by atoms with Crippen molar-refractivity contribution >= 4 is 29.6 Å². The molecule has 0 bridgehead atoms. The summed E-state index contributed by atoms with van der Waals surface area (Å²) in [5.74, 6) is 0. The molecule has 0 atom stereocenters. The van der Waals surface area contributed by atoms with Gasteiger partial charge in [0, 0.05) is 10.0 Å². The van der Waals surface area contributed by atoms with Gasteiger partial charge in [-0.1, -0.05) is 23.2 Å². The normalized spacial score (nSPS) is 9.77. The van der Waals surface area contributed by atoms with Crippen LogP contribution in [0.4, 0.5) is 0 Å². The van der Waals surface area contributed by atoms with Gasteiger partial charge in [-0.05, 0) is 23.8 Å². The van der Waals surface area contributed by atoms with E-state index in [9.17, 15) is 4.79 Å². The van der Waals surface area contributed by atoms with Gasteiger partial charge in [-0.25, -0.2) is 5.06 Å². The molecule has 3 nitrogen and oxygen atoms in total. The Morgan fingerprint density at radius 2 is 1.85 bits per heavy atom. The smallest absolute Gasteiger partial charge is 0.233 e. The number of rotatable bonds is 3. The molecule has 1 aromatic rings. The minimum atomic E-state index is 0.0732. The first-order valence-corrected chi connectivity index (χ1v) is 4.23. The van der Waals surface area contributed by atoms with Gasteiger partial charge in [-0.3, -0.25) is 10.0 Å². The van der Waals surface area contributed by atoms with Gasteiger partial charge < -0.3 is 0 Å². The van der Waals surface area contributed by atoms with Crippen molar-refractivity contribution < 1.29 is 10.0 Å². The second-order valence-electron chi connectivity index (χ2n) is 2.48. The SMILES string of the molecule is O=CN(O)Cc1cc(Cl)cc(Cl)c1. The molecule has 0 saturated carbocycles. The summed E-state index contributed by atoms with van der Waals surface area (Å²) in [5, 5.41) is 10.3. The van der Waals surface area contributed by atoms with Crippen LogP contribution in [0.1, 0.15) is 5.56 Å². The summed E-state index contributed by atoms with van der Waals surface area (Å²) in [6, 6.07) is 4.83. The molecule has 0 unspecified atom stereocenters. The number of hydrogen-bond acceptors (Lipinski definition) is 2.